The molecule has 0 unspecified atom stereocenters. The van der Waals surface area contributed by atoms with E-state index in [0.29, 0.717) is 5.95 Å². The molecular formula is C51H32N4. The van der Waals surface area contributed by atoms with Crippen LogP contribution in [0.25, 0.3) is 110 Å². The molecule has 55 heavy (non-hydrogen) atoms. The van der Waals surface area contributed by atoms with Gasteiger partial charge in [0.05, 0.1) is 38.8 Å². The van der Waals surface area contributed by atoms with E-state index in [0.717, 1.165) is 33.2 Å². The third kappa shape index (κ3) is 3.66. The number of hydrogen-bond acceptors (Lipinski definition) is 2. The maximum atomic E-state index is 5.55. The molecule has 4 heteroatoms. The van der Waals surface area contributed by atoms with E-state index in [1.165, 1.54) is 81.9 Å². The van der Waals surface area contributed by atoms with Crippen molar-refractivity contribution in [2.75, 3.05) is 0 Å². The highest BCUT2D eigenvalue weighted by atomic mass is 15.2. The number of para-hydroxylation sites is 3. The Morgan fingerprint density at radius 2 is 1.07 bits per heavy atom. The van der Waals surface area contributed by atoms with Gasteiger partial charge in [-0.1, -0.05) is 123 Å². The number of fused-ring (bicyclic) bond motifs is 10. The highest BCUT2D eigenvalue weighted by Gasteiger charge is 2.36. The smallest absolute Gasteiger partial charge is 0.235 e. The third-order valence-electron chi connectivity index (χ3n) is 12.6. The Morgan fingerprint density at radius 3 is 1.95 bits per heavy atom. The number of rotatable bonds is 2. The van der Waals surface area contributed by atoms with Crippen molar-refractivity contribution in [1.82, 2.24) is 18.9 Å². The molecule has 0 saturated carbocycles. The Bertz CT molecular complexity index is 3640. The zero-order chi connectivity index (χ0) is 36.2. The normalized spacial score (nSPS) is 13.8. The fourth-order valence-corrected chi connectivity index (χ4v) is 10.2. The van der Waals surface area contributed by atoms with Crippen LogP contribution in [-0.4, -0.2) is 18.9 Å². The van der Waals surface area contributed by atoms with Gasteiger partial charge in [0.15, 0.2) is 0 Å². The Balaban J connectivity index is 1.11. The molecule has 0 amide bonds. The van der Waals surface area contributed by atoms with Crippen molar-refractivity contribution in [1.29, 1.82) is 0 Å². The molecule has 1 aliphatic rings. The molecular weight excluding hydrogens is 669 g/mol. The van der Waals surface area contributed by atoms with Gasteiger partial charge in [0, 0.05) is 43.3 Å². The molecule has 0 atom stereocenters. The first-order chi connectivity index (χ1) is 27.0. The zero-order valence-corrected chi connectivity index (χ0v) is 30.3. The van der Waals surface area contributed by atoms with Crippen molar-refractivity contribution in [2.24, 2.45) is 0 Å². The van der Waals surface area contributed by atoms with Crippen LogP contribution >= 0.6 is 0 Å². The van der Waals surface area contributed by atoms with Crippen LogP contribution < -0.4 is 0 Å². The number of aromatic nitrogens is 4. The van der Waals surface area contributed by atoms with Gasteiger partial charge in [-0.25, -0.2) is 9.97 Å². The fourth-order valence-electron chi connectivity index (χ4n) is 10.2. The van der Waals surface area contributed by atoms with Gasteiger partial charge in [0.2, 0.25) is 5.95 Å². The highest BCUT2D eigenvalue weighted by Crippen LogP contribution is 2.51. The minimum Gasteiger partial charge on any atom is -0.308 e. The number of hydrogen-bond donors (Lipinski definition) is 0. The first-order valence-electron chi connectivity index (χ1n) is 19.1. The summed E-state index contributed by atoms with van der Waals surface area (Å²) in [5.74, 6) is 0.675. The van der Waals surface area contributed by atoms with Crippen molar-refractivity contribution in [3.63, 3.8) is 0 Å². The van der Waals surface area contributed by atoms with Crippen molar-refractivity contribution >= 4 is 81.6 Å². The van der Waals surface area contributed by atoms with Crippen molar-refractivity contribution in [3.05, 3.63) is 169 Å². The van der Waals surface area contributed by atoms with E-state index in [9.17, 15) is 0 Å². The molecule has 0 radical (unpaired) electrons. The second-order valence-corrected chi connectivity index (χ2v) is 15.8. The molecule has 0 fully saturated rings. The Morgan fingerprint density at radius 1 is 0.455 bits per heavy atom. The summed E-state index contributed by atoms with van der Waals surface area (Å²) in [4.78, 5) is 10.9. The summed E-state index contributed by atoms with van der Waals surface area (Å²) in [6.07, 6.45) is 0. The van der Waals surface area contributed by atoms with E-state index < -0.39 is 0 Å². The zero-order valence-electron chi connectivity index (χ0n) is 30.3. The monoisotopic (exact) mass is 700 g/mol. The molecule has 1 aliphatic carbocycles. The lowest BCUT2D eigenvalue weighted by molar-refractivity contribution is 0.661. The minimum absolute atomic E-state index is 0.159. The van der Waals surface area contributed by atoms with E-state index in [2.05, 4.69) is 181 Å². The molecule has 0 spiro atoms. The molecule has 0 aliphatic heterocycles. The minimum atomic E-state index is -0.159. The molecule has 13 rings (SSSR count). The average molecular weight is 701 g/mol. The van der Waals surface area contributed by atoms with E-state index in [4.69, 9.17) is 9.97 Å². The van der Waals surface area contributed by atoms with Gasteiger partial charge in [-0.05, 0) is 86.9 Å². The standard InChI is InChI=1S/C51H32N4/c1-51(2)39-28-31(24-25-32(39)38-26-29-12-3-4-13-30(29)27-40(38)51)48-37-15-5-7-19-41(37)52-50(53-48)55-43-21-10-16-34-36-18-9-17-35-33-14-6-8-20-42(33)54(49(35)36)44-22-11-23-45(55)47(44)46(34)43/h3-28H,1-2H3. The summed E-state index contributed by atoms with van der Waals surface area (Å²) in [5.41, 5.74) is 14.0. The maximum Gasteiger partial charge on any atom is 0.235 e. The highest BCUT2D eigenvalue weighted by molar-refractivity contribution is 6.31. The Kier molecular flexibility index (Phi) is 5.42. The van der Waals surface area contributed by atoms with Crippen LogP contribution in [0.15, 0.2) is 158 Å². The maximum absolute atomic E-state index is 5.55. The first-order valence-corrected chi connectivity index (χ1v) is 19.1. The van der Waals surface area contributed by atoms with E-state index in [1.54, 1.807) is 0 Å². The second-order valence-electron chi connectivity index (χ2n) is 15.8. The van der Waals surface area contributed by atoms with Crippen LogP contribution in [0.4, 0.5) is 0 Å². The van der Waals surface area contributed by atoms with Gasteiger partial charge in [-0.2, -0.15) is 0 Å². The SMILES string of the molecule is CC1(C)c2cc(-c3nc(-n4c5cccc6c7cccc8c9ccccc9n(c9cccc4c9c65)c78)nc4ccccc34)ccc2-c2cc3ccccc3cc21. The molecule has 0 bridgehead atoms. The molecule has 4 nitrogen and oxygen atoms in total. The van der Waals surface area contributed by atoms with Crippen LogP contribution in [0.3, 0.4) is 0 Å². The third-order valence-corrected chi connectivity index (χ3v) is 12.6. The lowest BCUT2D eigenvalue weighted by Crippen LogP contribution is -2.15. The summed E-state index contributed by atoms with van der Waals surface area (Å²) in [5, 5.41) is 11.1. The summed E-state index contributed by atoms with van der Waals surface area (Å²) >= 11 is 0. The van der Waals surface area contributed by atoms with Gasteiger partial charge in [-0.15, -0.1) is 0 Å². The van der Waals surface area contributed by atoms with Gasteiger partial charge < -0.3 is 4.40 Å². The van der Waals surface area contributed by atoms with Gasteiger partial charge >= 0.3 is 0 Å². The lowest BCUT2D eigenvalue weighted by atomic mass is 9.81. The summed E-state index contributed by atoms with van der Waals surface area (Å²) in [6.45, 7) is 4.72. The first kappa shape index (κ1) is 29.4. The van der Waals surface area contributed by atoms with Crippen LogP contribution in [0.5, 0.6) is 0 Å². The summed E-state index contributed by atoms with van der Waals surface area (Å²) in [7, 11) is 0. The summed E-state index contributed by atoms with van der Waals surface area (Å²) < 4.78 is 4.77. The second kappa shape index (κ2) is 10.1. The van der Waals surface area contributed by atoms with E-state index >= 15 is 0 Å². The molecule has 4 aromatic heterocycles. The predicted molar refractivity (Wildman–Crippen MR) is 229 cm³/mol. The number of benzene rings is 8. The lowest BCUT2D eigenvalue weighted by Gasteiger charge is -2.22. The molecule has 256 valence electrons. The molecule has 4 heterocycles. The summed E-state index contributed by atoms with van der Waals surface area (Å²) in [6, 6.07) is 57.8. The predicted octanol–water partition coefficient (Wildman–Crippen LogP) is 13.0. The van der Waals surface area contributed by atoms with E-state index in [1.807, 2.05) is 0 Å². The van der Waals surface area contributed by atoms with Gasteiger partial charge in [0.1, 0.15) is 0 Å². The van der Waals surface area contributed by atoms with Crippen LogP contribution in [0.2, 0.25) is 0 Å². The van der Waals surface area contributed by atoms with Crippen LogP contribution in [0, 0.1) is 0 Å². The van der Waals surface area contributed by atoms with E-state index in [-0.39, 0.29) is 5.41 Å². The molecule has 8 aromatic carbocycles. The fraction of sp³-hybridized carbons (Fsp3) is 0.0588. The van der Waals surface area contributed by atoms with Gasteiger partial charge in [-0.3, -0.25) is 4.57 Å². The topological polar surface area (TPSA) is 35.1 Å². The molecule has 0 saturated heterocycles. The van der Waals surface area contributed by atoms with Crippen LogP contribution in [0.1, 0.15) is 25.0 Å². The Hall–Kier alpha value is -7.04. The quantitative estimate of drug-likeness (QED) is 0.180. The number of nitrogens with zero attached hydrogens (tertiary/aromatic N) is 4. The molecule has 0 N–H and O–H groups in total. The Labute approximate surface area is 315 Å². The van der Waals surface area contributed by atoms with Crippen LogP contribution in [-0.2, 0) is 5.41 Å². The van der Waals surface area contributed by atoms with Gasteiger partial charge in [0.25, 0.3) is 0 Å². The largest absolute Gasteiger partial charge is 0.308 e. The average Bonchev–Trinajstić information content (AvgIpc) is 3.79. The van der Waals surface area contributed by atoms with Crippen molar-refractivity contribution < 1.29 is 0 Å². The van der Waals surface area contributed by atoms with Crippen molar-refractivity contribution in [2.45, 2.75) is 19.3 Å². The van der Waals surface area contributed by atoms with Crippen molar-refractivity contribution in [3.8, 4) is 28.3 Å². The molecule has 12 aromatic rings.